The first-order chi connectivity index (χ1) is 7.98. The highest BCUT2D eigenvalue weighted by atomic mass is 32.2. The monoisotopic (exact) mass is 273 g/mol. The van der Waals surface area contributed by atoms with Gasteiger partial charge >= 0.3 is 0 Å². The fourth-order valence-corrected chi connectivity index (χ4v) is 3.25. The molecule has 0 radical (unpaired) electrons. The van der Waals surface area contributed by atoms with Crippen LogP contribution in [0.1, 0.15) is 0 Å². The summed E-state index contributed by atoms with van der Waals surface area (Å²) in [7, 11) is -3.68. The van der Waals surface area contributed by atoms with E-state index in [4.69, 9.17) is 10.9 Å². The molecule has 0 saturated carbocycles. The number of rotatable bonds is 2. The minimum atomic E-state index is -3.68. The van der Waals surface area contributed by atoms with Gasteiger partial charge in [0, 0.05) is 24.6 Å². The molecule has 17 heavy (non-hydrogen) atoms. The summed E-state index contributed by atoms with van der Waals surface area (Å²) in [6.07, 6.45) is 0. The molecule has 7 heteroatoms. The molecule has 1 saturated heterocycles. The lowest BCUT2D eigenvalue weighted by atomic mass is 10.2. The Hall–Kier alpha value is -0.920. The van der Waals surface area contributed by atoms with E-state index in [1.165, 1.54) is 12.1 Å². The molecule has 0 spiro atoms. The number of thioether (sulfide) groups is 1. The van der Waals surface area contributed by atoms with E-state index in [9.17, 15) is 8.42 Å². The number of nitrogens with two attached hydrogens (primary N) is 2. The van der Waals surface area contributed by atoms with Crippen molar-refractivity contribution in [3.8, 4) is 0 Å². The average molecular weight is 273 g/mol. The maximum Gasteiger partial charge on any atom is 0.238 e. The molecule has 0 aromatic heterocycles. The number of anilines is 2. The minimum Gasteiger partial charge on any atom is -0.397 e. The first kappa shape index (κ1) is 12.5. The zero-order chi connectivity index (χ0) is 12.5. The maximum atomic E-state index is 11.2. The number of nitrogen functional groups attached to an aromatic ring is 1. The quantitative estimate of drug-likeness (QED) is 0.765. The summed E-state index contributed by atoms with van der Waals surface area (Å²) < 4.78 is 22.4. The first-order valence-electron chi connectivity index (χ1n) is 5.23. The van der Waals surface area contributed by atoms with Gasteiger partial charge in [-0.3, -0.25) is 0 Å². The molecule has 1 aromatic carbocycles. The largest absolute Gasteiger partial charge is 0.397 e. The average Bonchev–Trinajstić information content (AvgIpc) is 2.29. The van der Waals surface area contributed by atoms with Gasteiger partial charge in [-0.15, -0.1) is 0 Å². The molecule has 0 amide bonds. The Bertz CT molecular complexity index is 510. The van der Waals surface area contributed by atoms with Crippen LogP contribution in [0.3, 0.4) is 0 Å². The van der Waals surface area contributed by atoms with Crippen LogP contribution < -0.4 is 15.8 Å². The summed E-state index contributed by atoms with van der Waals surface area (Å²) in [5.41, 5.74) is 7.23. The molecule has 0 unspecified atom stereocenters. The van der Waals surface area contributed by atoms with Crippen LogP contribution in [-0.4, -0.2) is 33.0 Å². The van der Waals surface area contributed by atoms with Gasteiger partial charge < -0.3 is 10.6 Å². The van der Waals surface area contributed by atoms with Crippen molar-refractivity contribution in [1.82, 2.24) is 0 Å². The second kappa shape index (κ2) is 4.75. The van der Waals surface area contributed by atoms with Crippen molar-refractivity contribution in [1.29, 1.82) is 0 Å². The molecule has 1 aliphatic heterocycles. The number of sulfonamides is 1. The van der Waals surface area contributed by atoms with Gasteiger partial charge in [-0.05, 0) is 18.2 Å². The number of hydrogen-bond acceptors (Lipinski definition) is 5. The summed E-state index contributed by atoms with van der Waals surface area (Å²) in [4.78, 5) is 2.23. The summed E-state index contributed by atoms with van der Waals surface area (Å²) in [6.45, 7) is 1.87. The van der Waals surface area contributed by atoms with Crippen molar-refractivity contribution < 1.29 is 8.42 Å². The fraction of sp³-hybridized carbons (Fsp3) is 0.400. The van der Waals surface area contributed by atoms with E-state index in [1.54, 1.807) is 6.07 Å². The number of benzene rings is 1. The molecular weight excluding hydrogens is 258 g/mol. The Balaban J connectivity index is 2.31. The lowest BCUT2D eigenvalue weighted by molar-refractivity contribution is 0.598. The second-order valence-corrected chi connectivity index (χ2v) is 6.65. The second-order valence-electron chi connectivity index (χ2n) is 3.87. The third-order valence-electron chi connectivity index (χ3n) is 2.68. The van der Waals surface area contributed by atoms with Crippen molar-refractivity contribution in [3.05, 3.63) is 18.2 Å². The van der Waals surface area contributed by atoms with E-state index in [1.807, 2.05) is 11.8 Å². The van der Waals surface area contributed by atoms with E-state index >= 15 is 0 Å². The number of hydrogen-bond donors (Lipinski definition) is 2. The third-order valence-corrected chi connectivity index (χ3v) is 4.53. The summed E-state index contributed by atoms with van der Waals surface area (Å²) in [5, 5.41) is 5.05. The molecule has 94 valence electrons. The molecular formula is C10H15N3O2S2. The SMILES string of the molecule is Nc1cc(S(N)(=O)=O)ccc1N1CCSCC1. The molecule has 1 fully saturated rings. The summed E-state index contributed by atoms with van der Waals surface area (Å²) in [5.74, 6) is 2.13. The standard InChI is InChI=1S/C10H15N3O2S2/c11-9-7-8(17(12,14)15)1-2-10(9)13-3-5-16-6-4-13/h1-2,7H,3-6,11H2,(H2,12,14,15). The smallest absolute Gasteiger partial charge is 0.238 e. The molecule has 2 rings (SSSR count). The molecule has 1 heterocycles. The minimum absolute atomic E-state index is 0.0603. The maximum absolute atomic E-state index is 11.2. The Morgan fingerprint density at radius 3 is 2.41 bits per heavy atom. The van der Waals surface area contributed by atoms with Crippen LogP contribution in [-0.2, 0) is 10.0 Å². The number of primary sulfonamides is 1. The third kappa shape index (κ3) is 2.85. The Kier molecular flexibility index (Phi) is 3.50. The Morgan fingerprint density at radius 2 is 1.88 bits per heavy atom. The lowest BCUT2D eigenvalue weighted by Gasteiger charge is -2.29. The number of nitrogens with zero attached hydrogens (tertiary/aromatic N) is 1. The lowest BCUT2D eigenvalue weighted by Crippen LogP contribution is -2.33. The van der Waals surface area contributed by atoms with E-state index in [0.29, 0.717) is 5.69 Å². The zero-order valence-electron chi connectivity index (χ0n) is 9.30. The molecule has 1 aliphatic rings. The van der Waals surface area contributed by atoms with Gasteiger partial charge in [0.1, 0.15) is 0 Å². The normalized spacial score (nSPS) is 17.1. The predicted octanol–water partition coefficient (Wildman–Crippen LogP) is 0.469. The van der Waals surface area contributed by atoms with Crippen LogP contribution >= 0.6 is 11.8 Å². The van der Waals surface area contributed by atoms with Crippen LogP contribution in [0.15, 0.2) is 23.1 Å². The summed E-state index contributed by atoms with van der Waals surface area (Å²) >= 11 is 1.91. The van der Waals surface area contributed by atoms with Crippen molar-refractivity contribution in [2.24, 2.45) is 5.14 Å². The van der Waals surface area contributed by atoms with Crippen LogP contribution in [0.25, 0.3) is 0 Å². The van der Waals surface area contributed by atoms with Crippen LogP contribution in [0.4, 0.5) is 11.4 Å². The van der Waals surface area contributed by atoms with Crippen LogP contribution in [0.2, 0.25) is 0 Å². The van der Waals surface area contributed by atoms with E-state index in [-0.39, 0.29) is 4.90 Å². The fourth-order valence-electron chi connectivity index (χ4n) is 1.80. The van der Waals surface area contributed by atoms with Gasteiger partial charge in [-0.2, -0.15) is 11.8 Å². The molecule has 0 atom stereocenters. The molecule has 0 aliphatic carbocycles. The molecule has 5 nitrogen and oxygen atoms in total. The molecule has 1 aromatic rings. The predicted molar refractivity (Wildman–Crippen MR) is 71.8 cm³/mol. The van der Waals surface area contributed by atoms with Crippen molar-refractivity contribution >= 4 is 33.2 Å². The van der Waals surface area contributed by atoms with Gasteiger partial charge in [0.15, 0.2) is 0 Å². The van der Waals surface area contributed by atoms with Crippen LogP contribution in [0.5, 0.6) is 0 Å². The van der Waals surface area contributed by atoms with Crippen LogP contribution in [0, 0.1) is 0 Å². The van der Waals surface area contributed by atoms with Crippen molar-refractivity contribution in [2.75, 3.05) is 35.2 Å². The van der Waals surface area contributed by atoms with E-state index in [0.717, 1.165) is 30.3 Å². The van der Waals surface area contributed by atoms with Gasteiger partial charge in [-0.1, -0.05) is 0 Å². The van der Waals surface area contributed by atoms with E-state index < -0.39 is 10.0 Å². The van der Waals surface area contributed by atoms with Gasteiger partial charge in [0.05, 0.1) is 16.3 Å². The topological polar surface area (TPSA) is 89.4 Å². The Morgan fingerprint density at radius 1 is 1.24 bits per heavy atom. The van der Waals surface area contributed by atoms with Crippen molar-refractivity contribution in [2.45, 2.75) is 4.90 Å². The highest BCUT2D eigenvalue weighted by molar-refractivity contribution is 7.99. The Labute approximate surface area is 105 Å². The zero-order valence-corrected chi connectivity index (χ0v) is 10.9. The summed E-state index contributed by atoms with van der Waals surface area (Å²) in [6, 6.07) is 4.65. The van der Waals surface area contributed by atoms with E-state index in [2.05, 4.69) is 4.90 Å². The van der Waals surface area contributed by atoms with Crippen molar-refractivity contribution in [3.63, 3.8) is 0 Å². The molecule has 4 N–H and O–H groups in total. The highest BCUT2D eigenvalue weighted by Crippen LogP contribution is 2.27. The van der Waals surface area contributed by atoms with Gasteiger partial charge in [0.25, 0.3) is 0 Å². The first-order valence-corrected chi connectivity index (χ1v) is 7.93. The molecule has 0 bridgehead atoms. The van der Waals surface area contributed by atoms with Gasteiger partial charge in [0.2, 0.25) is 10.0 Å². The van der Waals surface area contributed by atoms with Gasteiger partial charge in [-0.25, -0.2) is 13.6 Å². The highest BCUT2D eigenvalue weighted by Gasteiger charge is 2.16.